The molecule has 1 saturated heterocycles. The first-order valence-corrected chi connectivity index (χ1v) is 8.60. The highest BCUT2D eigenvalue weighted by molar-refractivity contribution is 7.15. The van der Waals surface area contributed by atoms with Gasteiger partial charge in [0.15, 0.2) is 0 Å². The van der Waals surface area contributed by atoms with Crippen LogP contribution in [-0.4, -0.2) is 46.9 Å². The second kappa shape index (κ2) is 7.52. The maximum atomic E-state index is 12.4. The molecule has 1 aliphatic rings. The zero-order valence-electron chi connectivity index (χ0n) is 13.1. The monoisotopic (exact) mass is 332 g/mol. The molecule has 3 rings (SSSR count). The molecule has 1 N–H and O–H groups in total. The molecule has 2 aromatic rings. The molecule has 0 bridgehead atoms. The van der Waals surface area contributed by atoms with Crippen molar-refractivity contribution in [2.75, 3.05) is 25.0 Å². The Morgan fingerprint density at radius 1 is 1.39 bits per heavy atom. The molecule has 1 atom stereocenters. The molecule has 0 aliphatic carbocycles. The Morgan fingerprint density at radius 2 is 2.22 bits per heavy atom. The van der Waals surface area contributed by atoms with Gasteiger partial charge in [-0.15, -0.1) is 10.2 Å². The maximum absolute atomic E-state index is 12.4. The smallest absolute Gasteiger partial charge is 0.323 e. The van der Waals surface area contributed by atoms with E-state index in [1.165, 1.54) is 16.9 Å². The number of rotatable bonds is 4. The number of aryl methyl sites for hydroxylation is 1. The summed E-state index contributed by atoms with van der Waals surface area (Å²) in [5.74, 6) is 0. The van der Waals surface area contributed by atoms with Crippen molar-refractivity contribution in [3.63, 3.8) is 0 Å². The van der Waals surface area contributed by atoms with Crippen LogP contribution in [-0.2, 0) is 17.6 Å². The summed E-state index contributed by atoms with van der Waals surface area (Å²) in [5.41, 5.74) is 1.22. The molecule has 1 aromatic carbocycles. The second-order valence-electron chi connectivity index (χ2n) is 5.41. The van der Waals surface area contributed by atoms with Crippen LogP contribution in [0, 0.1) is 0 Å². The van der Waals surface area contributed by atoms with Crippen molar-refractivity contribution < 1.29 is 9.53 Å². The molecule has 0 unspecified atom stereocenters. The summed E-state index contributed by atoms with van der Waals surface area (Å²) < 4.78 is 5.79. The first kappa shape index (κ1) is 15.9. The molecule has 7 heteroatoms. The van der Waals surface area contributed by atoms with Crippen molar-refractivity contribution in [3.05, 3.63) is 40.9 Å². The Hall–Kier alpha value is -1.99. The van der Waals surface area contributed by atoms with Gasteiger partial charge < -0.3 is 9.64 Å². The number of carbonyl (C=O) groups excluding carboxylic acids is 1. The van der Waals surface area contributed by atoms with Crippen LogP contribution in [0.5, 0.6) is 0 Å². The molecular formula is C16H20N4O2S. The third-order valence-corrected chi connectivity index (χ3v) is 4.70. The van der Waals surface area contributed by atoms with E-state index in [0.717, 1.165) is 17.8 Å². The Morgan fingerprint density at radius 3 is 2.96 bits per heavy atom. The first-order valence-electron chi connectivity index (χ1n) is 7.78. The van der Waals surface area contributed by atoms with E-state index in [0.29, 0.717) is 24.8 Å². The Kier molecular flexibility index (Phi) is 5.19. The molecule has 1 aromatic heterocycles. The van der Waals surface area contributed by atoms with Crippen molar-refractivity contribution in [3.8, 4) is 0 Å². The number of ether oxygens (including phenoxy) is 1. The van der Waals surface area contributed by atoms with Gasteiger partial charge in [0.1, 0.15) is 5.01 Å². The average molecular weight is 332 g/mol. The largest absolute Gasteiger partial charge is 0.374 e. The topological polar surface area (TPSA) is 67.4 Å². The fourth-order valence-corrected chi connectivity index (χ4v) is 3.19. The molecule has 0 spiro atoms. The number of hydrogen-bond acceptors (Lipinski definition) is 5. The van der Waals surface area contributed by atoms with E-state index < -0.39 is 0 Å². The van der Waals surface area contributed by atoms with Gasteiger partial charge in [0.25, 0.3) is 0 Å². The predicted molar refractivity (Wildman–Crippen MR) is 89.8 cm³/mol. The van der Waals surface area contributed by atoms with E-state index in [4.69, 9.17) is 4.74 Å². The number of benzene rings is 1. The highest BCUT2D eigenvalue weighted by Gasteiger charge is 2.25. The lowest BCUT2D eigenvalue weighted by Gasteiger charge is -2.32. The number of carbonyl (C=O) groups is 1. The summed E-state index contributed by atoms with van der Waals surface area (Å²) in [6, 6.07) is 10.1. The Bertz CT molecular complexity index is 647. The van der Waals surface area contributed by atoms with E-state index in [2.05, 4.69) is 27.6 Å². The zero-order valence-corrected chi connectivity index (χ0v) is 13.9. The number of morpholine rings is 1. The minimum Gasteiger partial charge on any atom is -0.374 e. The molecule has 2 amide bonds. The number of anilines is 1. The summed E-state index contributed by atoms with van der Waals surface area (Å²) in [4.78, 5) is 14.1. The van der Waals surface area contributed by atoms with Crippen molar-refractivity contribution in [1.29, 1.82) is 0 Å². The van der Waals surface area contributed by atoms with Gasteiger partial charge in [-0.1, -0.05) is 48.6 Å². The van der Waals surface area contributed by atoms with Crippen molar-refractivity contribution >= 4 is 22.5 Å². The van der Waals surface area contributed by atoms with Gasteiger partial charge in [-0.2, -0.15) is 0 Å². The van der Waals surface area contributed by atoms with E-state index in [-0.39, 0.29) is 12.1 Å². The summed E-state index contributed by atoms with van der Waals surface area (Å²) >= 11 is 1.42. The number of amides is 2. The van der Waals surface area contributed by atoms with Gasteiger partial charge in [-0.25, -0.2) is 4.79 Å². The van der Waals surface area contributed by atoms with Crippen LogP contribution in [0.2, 0.25) is 0 Å². The second-order valence-corrected chi connectivity index (χ2v) is 6.48. The average Bonchev–Trinajstić information content (AvgIpc) is 3.03. The van der Waals surface area contributed by atoms with Gasteiger partial charge in [0.05, 0.1) is 12.7 Å². The van der Waals surface area contributed by atoms with Crippen LogP contribution in [0.1, 0.15) is 17.5 Å². The van der Waals surface area contributed by atoms with Crippen molar-refractivity contribution in [1.82, 2.24) is 15.1 Å². The van der Waals surface area contributed by atoms with Crippen molar-refractivity contribution in [2.45, 2.75) is 25.9 Å². The van der Waals surface area contributed by atoms with Gasteiger partial charge in [0.2, 0.25) is 5.13 Å². The molecule has 0 radical (unpaired) electrons. The van der Waals surface area contributed by atoms with E-state index >= 15 is 0 Å². The number of urea groups is 1. The van der Waals surface area contributed by atoms with E-state index in [1.54, 1.807) is 4.90 Å². The highest BCUT2D eigenvalue weighted by Crippen LogP contribution is 2.17. The summed E-state index contributed by atoms with van der Waals surface area (Å²) in [6.45, 7) is 3.75. The molecule has 6 nitrogen and oxygen atoms in total. The van der Waals surface area contributed by atoms with E-state index in [9.17, 15) is 4.79 Å². The lowest BCUT2D eigenvalue weighted by Crippen LogP contribution is -2.48. The van der Waals surface area contributed by atoms with E-state index in [1.807, 2.05) is 25.1 Å². The molecule has 2 heterocycles. The van der Waals surface area contributed by atoms with Crippen LogP contribution in [0.3, 0.4) is 0 Å². The van der Waals surface area contributed by atoms with Gasteiger partial charge in [-0.3, -0.25) is 5.32 Å². The fraction of sp³-hybridized carbons (Fsp3) is 0.438. The third-order valence-electron chi connectivity index (χ3n) is 3.72. The zero-order chi connectivity index (χ0) is 16.1. The molecular weight excluding hydrogens is 312 g/mol. The molecule has 0 saturated carbocycles. The molecule has 1 aliphatic heterocycles. The number of nitrogens with zero attached hydrogens (tertiary/aromatic N) is 3. The highest BCUT2D eigenvalue weighted by atomic mass is 32.1. The van der Waals surface area contributed by atoms with Crippen LogP contribution in [0.15, 0.2) is 30.3 Å². The van der Waals surface area contributed by atoms with Gasteiger partial charge in [-0.05, 0) is 12.0 Å². The number of nitrogens with one attached hydrogen (secondary N) is 1. The van der Waals surface area contributed by atoms with Crippen LogP contribution in [0.25, 0.3) is 0 Å². The van der Waals surface area contributed by atoms with Crippen LogP contribution >= 0.6 is 11.3 Å². The standard InChI is InChI=1S/C16H20N4O2S/c1-2-14-18-19-15(23-14)17-16(21)20-8-9-22-13(11-20)10-12-6-4-3-5-7-12/h3-7,13H,2,8-11H2,1H3,(H,17,19,21)/t13-/m1/s1. The van der Waals surface area contributed by atoms with Crippen LogP contribution in [0.4, 0.5) is 9.93 Å². The maximum Gasteiger partial charge on any atom is 0.323 e. The predicted octanol–water partition coefficient (Wildman–Crippen LogP) is 2.58. The quantitative estimate of drug-likeness (QED) is 0.934. The molecule has 23 heavy (non-hydrogen) atoms. The van der Waals surface area contributed by atoms with Gasteiger partial charge >= 0.3 is 6.03 Å². The summed E-state index contributed by atoms with van der Waals surface area (Å²) in [7, 11) is 0. The summed E-state index contributed by atoms with van der Waals surface area (Å²) in [6.07, 6.45) is 1.66. The Labute approximate surface area is 139 Å². The van der Waals surface area contributed by atoms with Crippen LogP contribution < -0.4 is 5.32 Å². The molecule has 1 fully saturated rings. The first-order chi connectivity index (χ1) is 11.2. The third kappa shape index (κ3) is 4.27. The number of aromatic nitrogens is 2. The minimum atomic E-state index is -0.134. The van der Waals surface area contributed by atoms with Gasteiger partial charge in [0, 0.05) is 19.5 Å². The fourth-order valence-electron chi connectivity index (χ4n) is 2.52. The molecule has 122 valence electrons. The Balaban J connectivity index is 1.56. The minimum absolute atomic E-state index is 0.0255. The summed E-state index contributed by atoms with van der Waals surface area (Å²) in [5, 5.41) is 12.3. The lowest BCUT2D eigenvalue weighted by atomic mass is 10.1. The number of hydrogen-bond donors (Lipinski definition) is 1. The van der Waals surface area contributed by atoms with Crippen molar-refractivity contribution in [2.24, 2.45) is 0 Å². The SMILES string of the molecule is CCc1nnc(NC(=O)N2CCO[C@H](Cc3ccccc3)C2)s1. The lowest BCUT2D eigenvalue weighted by molar-refractivity contribution is -0.0113. The normalized spacial score (nSPS) is 18.0.